The molecule has 112 valence electrons. The second-order valence-electron chi connectivity index (χ2n) is 5.00. The number of nitrogens with one attached hydrogen (secondary N) is 1. The van der Waals surface area contributed by atoms with Crippen LogP contribution < -0.4 is 10.1 Å². The zero-order valence-corrected chi connectivity index (χ0v) is 12.4. The van der Waals surface area contributed by atoms with Crippen LogP contribution >= 0.6 is 0 Å². The van der Waals surface area contributed by atoms with Crippen molar-refractivity contribution in [1.29, 1.82) is 0 Å². The van der Waals surface area contributed by atoms with Crippen LogP contribution in [0.5, 0.6) is 5.75 Å². The van der Waals surface area contributed by atoms with Crippen LogP contribution in [0.3, 0.4) is 0 Å². The van der Waals surface area contributed by atoms with Gasteiger partial charge in [0.05, 0.1) is 12.3 Å². The number of hydrogen-bond acceptors (Lipinski definition) is 2. The Balaban J connectivity index is 1.95. The molecule has 0 amide bonds. The molecule has 3 heteroatoms. The molecule has 21 heavy (non-hydrogen) atoms. The Labute approximate surface area is 126 Å². The Bertz CT molecular complexity index is 556. The van der Waals surface area contributed by atoms with Crippen LogP contribution in [0, 0.1) is 5.82 Å². The summed E-state index contributed by atoms with van der Waals surface area (Å²) in [5.74, 6) is 0.635. The minimum absolute atomic E-state index is 0.237. The molecule has 0 aliphatic heterocycles. The number of rotatable bonds is 8. The second kappa shape index (κ2) is 8.30. The zero-order chi connectivity index (χ0) is 14.9. The van der Waals surface area contributed by atoms with Gasteiger partial charge in [-0.15, -0.1) is 0 Å². The lowest BCUT2D eigenvalue weighted by atomic mass is 10.2. The summed E-state index contributed by atoms with van der Waals surface area (Å²) in [6.07, 6.45) is 3.42. The molecule has 0 unspecified atom stereocenters. The maximum absolute atomic E-state index is 13.6. The number of hydrogen-bond donors (Lipinski definition) is 1. The maximum Gasteiger partial charge on any atom is 0.146 e. The molecule has 2 aromatic carbocycles. The van der Waals surface area contributed by atoms with E-state index in [9.17, 15) is 4.39 Å². The Morgan fingerprint density at radius 2 is 1.76 bits per heavy atom. The minimum Gasteiger partial charge on any atom is -0.493 e. The lowest BCUT2D eigenvalue weighted by Crippen LogP contribution is -2.05. The first kappa shape index (κ1) is 15.4. The van der Waals surface area contributed by atoms with E-state index in [4.69, 9.17) is 4.74 Å². The number of unbranched alkanes of at least 4 members (excludes halogenated alkanes) is 2. The number of ether oxygens (including phenoxy) is 1. The number of para-hydroxylation sites is 2. The molecule has 2 aromatic rings. The van der Waals surface area contributed by atoms with Gasteiger partial charge in [-0.25, -0.2) is 4.39 Å². The summed E-state index contributed by atoms with van der Waals surface area (Å²) in [7, 11) is 0. The summed E-state index contributed by atoms with van der Waals surface area (Å²) in [5.41, 5.74) is 1.55. The van der Waals surface area contributed by atoms with Gasteiger partial charge < -0.3 is 10.1 Å². The van der Waals surface area contributed by atoms with E-state index in [2.05, 4.69) is 12.2 Å². The quantitative estimate of drug-likeness (QED) is 0.689. The topological polar surface area (TPSA) is 21.3 Å². The van der Waals surface area contributed by atoms with Gasteiger partial charge in [0.2, 0.25) is 0 Å². The van der Waals surface area contributed by atoms with E-state index in [1.54, 1.807) is 12.1 Å². The van der Waals surface area contributed by atoms with Gasteiger partial charge in [0.1, 0.15) is 11.6 Å². The van der Waals surface area contributed by atoms with Crippen molar-refractivity contribution < 1.29 is 9.13 Å². The number of halogens is 1. The predicted octanol–water partition coefficient (Wildman–Crippen LogP) is 5.01. The van der Waals surface area contributed by atoms with Crippen molar-refractivity contribution in [1.82, 2.24) is 0 Å². The third-order valence-electron chi connectivity index (χ3n) is 3.32. The van der Waals surface area contributed by atoms with Crippen molar-refractivity contribution in [2.45, 2.75) is 32.7 Å². The summed E-state index contributed by atoms with van der Waals surface area (Å²) >= 11 is 0. The first-order valence-electron chi connectivity index (χ1n) is 7.50. The first-order valence-corrected chi connectivity index (χ1v) is 7.50. The lowest BCUT2D eigenvalue weighted by molar-refractivity contribution is 0.303. The molecule has 0 fully saturated rings. The molecule has 0 bridgehead atoms. The number of benzene rings is 2. The predicted molar refractivity (Wildman–Crippen MR) is 85.2 cm³/mol. The van der Waals surface area contributed by atoms with Crippen molar-refractivity contribution in [2.24, 2.45) is 0 Å². The maximum atomic E-state index is 13.6. The van der Waals surface area contributed by atoms with Crippen LogP contribution in [0.4, 0.5) is 10.1 Å². The molecule has 2 rings (SSSR count). The Kier molecular flexibility index (Phi) is 6.07. The van der Waals surface area contributed by atoms with Gasteiger partial charge in [-0.05, 0) is 24.6 Å². The third-order valence-corrected chi connectivity index (χ3v) is 3.32. The Morgan fingerprint density at radius 1 is 1.00 bits per heavy atom. The zero-order valence-electron chi connectivity index (χ0n) is 12.4. The number of anilines is 1. The van der Waals surface area contributed by atoms with E-state index in [1.165, 1.54) is 18.9 Å². The summed E-state index contributed by atoms with van der Waals surface area (Å²) in [6, 6.07) is 14.6. The van der Waals surface area contributed by atoms with Crippen LogP contribution in [-0.4, -0.2) is 6.61 Å². The molecule has 0 aliphatic carbocycles. The fourth-order valence-electron chi connectivity index (χ4n) is 2.12. The highest BCUT2D eigenvalue weighted by molar-refractivity contribution is 5.46. The highest BCUT2D eigenvalue weighted by Gasteiger charge is 2.05. The Hall–Kier alpha value is -2.03. The van der Waals surface area contributed by atoms with Crippen molar-refractivity contribution in [2.75, 3.05) is 11.9 Å². The monoisotopic (exact) mass is 287 g/mol. The van der Waals surface area contributed by atoms with Crippen molar-refractivity contribution in [3.8, 4) is 5.75 Å². The van der Waals surface area contributed by atoms with Gasteiger partial charge in [0.15, 0.2) is 0 Å². The van der Waals surface area contributed by atoms with E-state index in [0.717, 1.165) is 24.3 Å². The molecule has 0 aliphatic rings. The smallest absolute Gasteiger partial charge is 0.146 e. The van der Waals surface area contributed by atoms with Crippen LogP contribution in [-0.2, 0) is 6.54 Å². The third kappa shape index (κ3) is 4.78. The molecule has 0 saturated heterocycles. The minimum atomic E-state index is -0.237. The highest BCUT2D eigenvalue weighted by Crippen LogP contribution is 2.21. The molecule has 0 aromatic heterocycles. The highest BCUT2D eigenvalue weighted by atomic mass is 19.1. The van der Waals surface area contributed by atoms with E-state index >= 15 is 0 Å². The van der Waals surface area contributed by atoms with Gasteiger partial charge in [0, 0.05) is 12.1 Å². The van der Waals surface area contributed by atoms with Crippen molar-refractivity contribution >= 4 is 5.69 Å². The van der Waals surface area contributed by atoms with Crippen molar-refractivity contribution in [3.05, 3.63) is 59.9 Å². The summed E-state index contributed by atoms with van der Waals surface area (Å²) in [6.45, 7) is 3.45. The average molecular weight is 287 g/mol. The SMILES string of the molecule is CCCCCOc1ccccc1CNc1ccccc1F. The fraction of sp³-hybridized carbons (Fsp3) is 0.333. The lowest BCUT2D eigenvalue weighted by Gasteiger charge is -2.13. The van der Waals surface area contributed by atoms with E-state index in [1.807, 2.05) is 30.3 Å². The van der Waals surface area contributed by atoms with E-state index < -0.39 is 0 Å². The molecule has 0 spiro atoms. The normalized spacial score (nSPS) is 10.4. The molecular weight excluding hydrogens is 265 g/mol. The van der Waals surface area contributed by atoms with E-state index in [0.29, 0.717) is 12.2 Å². The molecule has 0 saturated carbocycles. The summed E-state index contributed by atoms with van der Waals surface area (Å²) < 4.78 is 19.4. The van der Waals surface area contributed by atoms with Gasteiger partial charge >= 0.3 is 0 Å². The molecule has 2 nitrogen and oxygen atoms in total. The molecule has 1 N–H and O–H groups in total. The van der Waals surface area contributed by atoms with E-state index in [-0.39, 0.29) is 5.82 Å². The second-order valence-corrected chi connectivity index (χ2v) is 5.00. The fourth-order valence-corrected chi connectivity index (χ4v) is 2.12. The molecule has 0 heterocycles. The molecular formula is C18H22FNO. The average Bonchev–Trinajstić information content (AvgIpc) is 2.52. The van der Waals surface area contributed by atoms with Gasteiger partial charge in [0.25, 0.3) is 0 Å². The largest absolute Gasteiger partial charge is 0.493 e. The van der Waals surface area contributed by atoms with Crippen LogP contribution in [0.2, 0.25) is 0 Å². The van der Waals surface area contributed by atoms with Gasteiger partial charge in [-0.3, -0.25) is 0 Å². The summed E-state index contributed by atoms with van der Waals surface area (Å²) in [4.78, 5) is 0. The van der Waals surface area contributed by atoms with Gasteiger partial charge in [-0.2, -0.15) is 0 Å². The molecule has 0 atom stereocenters. The summed E-state index contributed by atoms with van der Waals surface area (Å²) in [5, 5.41) is 3.12. The van der Waals surface area contributed by atoms with Crippen LogP contribution in [0.25, 0.3) is 0 Å². The standard InChI is InChI=1S/C18H22FNO/c1-2-3-8-13-21-18-12-7-4-9-15(18)14-20-17-11-6-5-10-16(17)19/h4-7,9-12,20H,2-3,8,13-14H2,1H3. The van der Waals surface area contributed by atoms with Crippen LogP contribution in [0.15, 0.2) is 48.5 Å². The Morgan fingerprint density at radius 3 is 2.57 bits per heavy atom. The first-order chi connectivity index (χ1) is 10.3. The molecule has 0 radical (unpaired) electrons. The van der Waals surface area contributed by atoms with Crippen LogP contribution in [0.1, 0.15) is 31.7 Å². The van der Waals surface area contributed by atoms with Crippen molar-refractivity contribution in [3.63, 3.8) is 0 Å². The van der Waals surface area contributed by atoms with Gasteiger partial charge in [-0.1, -0.05) is 50.1 Å².